The molecule has 0 spiro atoms. The first kappa shape index (κ1) is 23.8. The van der Waals surface area contributed by atoms with Gasteiger partial charge in [-0.2, -0.15) is 11.8 Å². The molecule has 0 unspecified atom stereocenters. The number of aliphatic carboxylic acids is 1. The van der Waals surface area contributed by atoms with Crippen LogP contribution in [0.5, 0.6) is 0 Å². The summed E-state index contributed by atoms with van der Waals surface area (Å²) in [5.74, 6) is -1.22. The number of thioether (sulfide) groups is 1. The minimum Gasteiger partial charge on any atom is -0.480 e. The van der Waals surface area contributed by atoms with Crippen molar-refractivity contribution < 1.29 is 24.6 Å². The number of aliphatic hydroxyl groups is 1. The van der Waals surface area contributed by atoms with Crippen LogP contribution in [0.15, 0.2) is 48.5 Å². The highest BCUT2D eigenvalue weighted by Gasteiger charge is 2.28. The maximum Gasteiger partial charge on any atom is 0.326 e. The van der Waals surface area contributed by atoms with E-state index in [0.29, 0.717) is 42.0 Å². The van der Waals surface area contributed by atoms with Crippen LogP contribution in [0.25, 0.3) is 11.1 Å². The molecule has 5 N–H and O–H groups in total. The van der Waals surface area contributed by atoms with Gasteiger partial charge in [-0.15, -0.1) is 0 Å². The van der Waals surface area contributed by atoms with E-state index in [4.69, 9.17) is 0 Å². The first-order valence-electron chi connectivity index (χ1n) is 10.3. The van der Waals surface area contributed by atoms with Crippen molar-refractivity contribution in [3.63, 3.8) is 0 Å². The number of β-amino-alcohol motifs (C(OH)–C–C–N with tert-alkyl or cyclic N) is 1. The van der Waals surface area contributed by atoms with E-state index >= 15 is 0 Å². The Morgan fingerprint density at radius 2 is 1.94 bits per heavy atom. The molecule has 8 nitrogen and oxygen atoms in total. The van der Waals surface area contributed by atoms with E-state index < -0.39 is 30.1 Å². The topological polar surface area (TPSA) is 128 Å². The number of carbonyl (C=O) groups is 3. The molecule has 1 saturated heterocycles. The van der Waals surface area contributed by atoms with Crippen molar-refractivity contribution in [1.82, 2.24) is 10.6 Å². The van der Waals surface area contributed by atoms with Crippen molar-refractivity contribution in [3.8, 4) is 11.1 Å². The third kappa shape index (κ3) is 6.09. The molecule has 170 valence electrons. The van der Waals surface area contributed by atoms with Gasteiger partial charge in [-0.25, -0.2) is 4.79 Å². The molecule has 1 aliphatic heterocycles. The summed E-state index contributed by atoms with van der Waals surface area (Å²) in [6, 6.07) is 12.6. The summed E-state index contributed by atoms with van der Waals surface area (Å²) in [6.07, 6.45) is 1.98. The Kier molecular flexibility index (Phi) is 8.26. The molecule has 1 aliphatic rings. The Hall–Kier alpha value is -2.88. The number of aliphatic hydroxyl groups excluding tert-OH is 1. The van der Waals surface area contributed by atoms with Gasteiger partial charge in [-0.1, -0.05) is 30.3 Å². The lowest BCUT2D eigenvalue weighted by molar-refractivity contribution is -0.139. The molecule has 0 aromatic heterocycles. The van der Waals surface area contributed by atoms with Gasteiger partial charge >= 0.3 is 5.97 Å². The van der Waals surface area contributed by atoms with E-state index in [1.807, 2.05) is 36.6 Å². The molecule has 3 rings (SSSR count). The molecule has 2 aromatic carbocycles. The highest BCUT2D eigenvalue weighted by molar-refractivity contribution is 7.98. The summed E-state index contributed by atoms with van der Waals surface area (Å²) < 4.78 is 0. The monoisotopic (exact) mass is 457 g/mol. The van der Waals surface area contributed by atoms with E-state index in [1.165, 1.54) is 11.8 Å². The van der Waals surface area contributed by atoms with Crippen LogP contribution >= 0.6 is 11.8 Å². The van der Waals surface area contributed by atoms with Gasteiger partial charge in [0.1, 0.15) is 6.04 Å². The van der Waals surface area contributed by atoms with E-state index in [2.05, 4.69) is 16.0 Å². The predicted molar refractivity (Wildman–Crippen MR) is 125 cm³/mol. The minimum atomic E-state index is -1.08. The summed E-state index contributed by atoms with van der Waals surface area (Å²) >= 11 is 1.51. The molecule has 1 fully saturated rings. The van der Waals surface area contributed by atoms with Gasteiger partial charge in [-0.3, -0.25) is 9.59 Å². The van der Waals surface area contributed by atoms with Crippen molar-refractivity contribution in [2.24, 2.45) is 0 Å². The molecule has 2 amide bonds. The van der Waals surface area contributed by atoms with Crippen molar-refractivity contribution in [2.45, 2.75) is 31.0 Å². The first-order chi connectivity index (χ1) is 15.4. The summed E-state index contributed by atoms with van der Waals surface area (Å²) in [7, 11) is 0. The molecule has 2 aromatic rings. The lowest BCUT2D eigenvalue weighted by Gasteiger charge is -2.17. The van der Waals surface area contributed by atoms with Crippen molar-refractivity contribution in [3.05, 3.63) is 54.1 Å². The molecule has 0 bridgehead atoms. The number of carboxylic acids is 1. The van der Waals surface area contributed by atoms with Crippen LogP contribution in [-0.4, -0.2) is 64.7 Å². The smallest absolute Gasteiger partial charge is 0.326 e. The van der Waals surface area contributed by atoms with Gasteiger partial charge in [0.05, 0.1) is 12.1 Å². The van der Waals surface area contributed by atoms with E-state index in [-0.39, 0.29) is 5.91 Å². The second-order valence-corrected chi connectivity index (χ2v) is 8.60. The number of carboxylic acid groups (broad SMARTS) is 1. The number of benzene rings is 2. The Morgan fingerprint density at radius 3 is 2.56 bits per heavy atom. The zero-order valence-corrected chi connectivity index (χ0v) is 18.5. The molecule has 32 heavy (non-hydrogen) atoms. The average Bonchev–Trinajstić information content (AvgIpc) is 3.23. The molecule has 3 atom stereocenters. The Balaban J connectivity index is 1.86. The molecular formula is C23H27N3O5S. The molecule has 0 aliphatic carbocycles. The second kappa shape index (κ2) is 11.1. The van der Waals surface area contributed by atoms with Crippen LogP contribution in [-0.2, 0) is 9.59 Å². The highest BCUT2D eigenvalue weighted by atomic mass is 32.2. The summed E-state index contributed by atoms with van der Waals surface area (Å²) in [5.41, 5.74) is 2.17. The van der Waals surface area contributed by atoms with Gasteiger partial charge in [-0.05, 0) is 54.2 Å². The van der Waals surface area contributed by atoms with Crippen LogP contribution in [0.2, 0.25) is 0 Å². The van der Waals surface area contributed by atoms with Gasteiger partial charge in [0.2, 0.25) is 5.91 Å². The van der Waals surface area contributed by atoms with Gasteiger partial charge in [0, 0.05) is 17.8 Å². The fraction of sp³-hybridized carbons (Fsp3) is 0.348. The average molecular weight is 458 g/mol. The normalized spacial score (nSPS) is 18.7. The maximum absolute atomic E-state index is 13.0. The Labute approximate surface area is 190 Å². The van der Waals surface area contributed by atoms with Gasteiger partial charge in [0.25, 0.3) is 5.91 Å². The third-order valence-electron chi connectivity index (χ3n) is 5.25. The number of amides is 2. The summed E-state index contributed by atoms with van der Waals surface area (Å²) in [4.78, 5) is 37.1. The zero-order chi connectivity index (χ0) is 23.1. The van der Waals surface area contributed by atoms with E-state index in [0.717, 1.165) is 5.56 Å². The standard InChI is InChI=1S/C23H27N3O5S/c1-32-10-9-19(23(30)31)26-21(28)17-8-7-15(11-18(17)14-5-3-2-4-6-14)25-22(29)20-12-16(27)13-24-20/h2-8,11,16,19-20,24,27H,9-10,12-13H2,1H3,(H,25,29)(H,26,28)(H,30,31)/t16-,19+,20+/m1/s1. The van der Waals surface area contributed by atoms with E-state index in [1.54, 1.807) is 18.2 Å². The largest absolute Gasteiger partial charge is 0.480 e. The number of nitrogens with one attached hydrogen (secondary N) is 3. The van der Waals surface area contributed by atoms with Gasteiger partial charge in [0.15, 0.2) is 0 Å². The highest BCUT2D eigenvalue weighted by Crippen LogP contribution is 2.28. The van der Waals surface area contributed by atoms with Crippen LogP contribution in [0.1, 0.15) is 23.2 Å². The van der Waals surface area contributed by atoms with Crippen molar-refractivity contribution in [1.29, 1.82) is 0 Å². The predicted octanol–water partition coefficient (Wildman–Crippen LogP) is 1.95. The minimum absolute atomic E-state index is 0.263. The number of anilines is 1. The number of rotatable bonds is 9. The quantitative estimate of drug-likeness (QED) is 0.389. The van der Waals surface area contributed by atoms with Crippen LogP contribution in [0.3, 0.4) is 0 Å². The third-order valence-corrected chi connectivity index (χ3v) is 5.90. The maximum atomic E-state index is 13.0. The van der Waals surface area contributed by atoms with Crippen molar-refractivity contribution in [2.75, 3.05) is 23.9 Å². The Morgan fingerprint density at radius 1 is 1.19 bits per heavy atom. The molecule has 0 saturated carbocycles. The molecule has 1 heterocycles. The Bertz CT molecular complexity index is 969. The molecule has 0 radical (unpaired) electrons. The van der Waals surface area contributed by atoms with E-state index in [9.17, 15) is 24.6 Å². The van der Waals surface area contributed by atoms with Crippen molar-refractivity contribution >= 4 is 35.2 Å². The second-order valence-electron chi connectivity index (χ2n) is 7.61. The number of carbonyl (C=O) groups excluding carboxylic acids is 2. The summed E-state index contributed by atoms with van der Waals surface area (Å²) in [6.45, 7) is 0.369. The summed E-state index contributed by atoms with van der Waals surface area (Å²) in [5, 5.41) is 27.5. The lowest BCUT2D eigenvalue weighted by Crippen LogP contribution is -2.41. The lowest BCUT2D eigenvalue weighted by atomic mass is 9.98. The fourth-order valence-electron chi connectivity index (χ4n) is 3.55. The SMILES string of the molecule is CSCC[C@H](NC(=O)c1ccc(NC(=O)[C@@H]2C[C@@H](O)CN2)cc1-c1ccccc1)C(=O)O. The number of hydrogen-bond donors (Lipinski definition) is 5. The fourth-order valence-corrected chi connectivity index (χ4v) is 4.02. The van der Waals surface area contributed by atoms with Crippen LogP contribution in [0, 0.1) is 0 Å². The van der Waals surface area contributed by atoms with Crippen LogP contribution < -0.4 is 16.0 Å². The molecule has 9 heteroatoms. The van der Waals surface area contributed by atoms with Gasteiger partial charge < -0.3 is 26.2 Å². The zero-order valence-electron chi connectivity index (χ0n) is 17.7. The first-order valence-corrected chi connectivity index (χ1v) is 11.7. The number of hydrogen-bond acceptors (Lipinski definition) is 6. The van der Waals surface area contributed by atoms with Crippen LogP contribution in [0.4, 0.5) is 5.69 Å². The molecular weight excluding hydrogens is 430 g/mol.